The van der Waals surface area contributed by atoms with Gasteiger partial charge in [-0.3, -0.25) is 0 Å². The highest BCUT2D eigenvalue weighted by molar-refractivity contribution is 4.99. The lowest BCUT2D eigenvalue weighted by Crippen LogP contribution is -2.48. The molecule has 1 saturated carbocycles. The number of alkyl halides is 1. The number of hydrogen-bond donors (Lipinski definition) is 0. The molecule has 0 aromatic carbocycles. The van der Waals surface area contributed by atoms with Gasteiger partial charge in [0.1, 0.15) is 5.67 Å². The predicted octanol–water partition coefficient (Wildman–Crippen LogP) is 5.47. The second-order valence-corrected chi connectivity index (χ2v) is 8.11. The van der Waals surface area contributed by atoms with E-state index in [0.29, 0.717) is 23.2 Å². The molecule has 1 aliphatic rings. The Kier molecular flexibility index (Phi) is 3.74. The first-order chi connectivity index (χ1) is 7.39. The molecule has 1 fully saturated rings. The van der Waals surface area contributed by atoms with Crippen molar-refractivity contribution in [3.05, 3.63) is 0 Å². The van der Waals surface area contributed by atoms with E-state index in [1.807, 2.05) is 0 Å². The Bertz CT molecular complexity index is 270. The third kappa shape index (κ3) is 2.69. The van der Waals surface area contributed by atoms with E-state index in [9.17, 15) is 4.39 Å². The quantitative estimate of drug-likeness (QED) is 0.602. The molecule has 0 spiro atoms. The van der Waals surface area contributed by atoms with Crippen molar-refractivity contribution in [2.45, 2.75) is 73.9 Å². The van der Waals surface area contributed by atoms with Gasteiger partial charge in [0.2, 0.25) is 0 Å². The van der Waals surface area contributed by atoms with E-state index in [-0.39, 0.29) is 5.41 Å². The normalized spacial score (nSPS) is 34.8. The molecule has 1 rings (SSSR count). The first-order valence-electron chi connectivity index (χ1n) is 7.08. The molecule has 0 radical (unpaired) electrons. The lowest BCUT2D eigenvalue weighted by atomic mass is 9.53. The van der Waals surface area contributed by atoms with Crippen LogP contribution in [0.4, 0.5) is 4.39 Å². The fourth-order valence-electron chi connectivity index (χ4n) is 3.55. The van der Waals surface area contributed by atoms with Gasteiger partial charge < -0.3 is 0 Å². The van der Waals surface area contributed by atoms with Gasteiger partial charge in [-0.25, -0.2) is 4.39 Å². The van der Waals surface area contributed by atoms with Crippen molar-refractivity contribution in [2.24, 2.45) is 28.6 Å². The Hall–Kier alpha value is -0.0700. The molecular weight excluding hydrogens is 211 g/mol. The van der Waals surface area contributed by atoms with Crippen molar-refractivity contribution in [1.82, 2.24) is 0 Å². The van der Waals surface area contributed by atoms with Crippen LogP contribution in [0, 0.1) is 28.6 Å². The molecule has 0 nitrogen and oxygen atoms in total. The molecule has 0 bridgehead atoms. The standard InChI is InChI=1S/C16H31F/c1-11-10-14(3,4)12(2)9-13(11)15(5,6)16(7,8)17/h11-13H,9-10H2,1-8H3/t11-,12?,13?/m1/s1. The highest BCUT2D eigenvalue weighted by Gasteiger charge is 2.50. The van der Waals surface area contributed by atoms with E-state index in [0.717, 1.165) is 6.42 Å². The predicted molar refractivity (Wildman–Crippen MR) is 73.8 cm³/mol. The molecule has 0 saturated heterocycles. The summed E-state index contributed by atoms with van der Waals surface area (Å²) in [7, 11) is 0. The third-order valence-corrected chi connectivity index (χ3v) is 5.94. The van der Waals surface area contributed by atoms with Crippen molar-refractivity contribution in [2.75, 3.05) is 0 Å². The summed E-state index contributed by atoms with van der Waals surface area (Å²) < 4.78 is 14.4. The van der Waals surface area contributed by atoms with Crippen LogP contribution in [0.2, 0.25) is 0 Å². The molecule has 102 valence electrons. The third-order valence-electron chi connectivity index (χ3n) is 5.94. The van der Waals surface area contributed by atoms with Crippen molar-refractivity contribution < 1.29 is 4.39 Å². The minimum atomic E-state index is -1.10. The van der Waals surface area contributed by atoms with E-state index < -0.39 is 5.67 Å². The molecule has 2 unspecified atom stereocenters. The van der Waals surface area contributed by atoms with Crippen LogP contribution in [-0.2, 0) is 0 Å². The SMILES string of the molecule is CC1CC(C(C)(C)C(C)(C)F)[C@H](C)CC1(C)C. The second-order valence-electron chi connectivity index (χ2n) is 8.11. The average Bonchev–Trinajstić information content (AvgIpc) is 2.08. The van der Waals surface area contributed by atoms with Crippen LogP contribution in [0.25, 0.3) is 0 Å². The van der Waals surface area contributed by atoms with Gasteiger partial charge in [-0.15, -0.1) is 0 Å². The fraction of sp³-hybridized carbons (Fsp3) is 1.00. The summed E-state index contributed by atoms with van der Waals surface area (Å²) in [6.07, 6.45) is 2.38. The van der Waals surface area contributed by atoms with Gasteiger partial charge in [0.15, 0.2) is 0 Å². The summed E-state index contributed by atoms with van der Waals surface area (Å²) in [5.41, 5.74) is -0.934. The first-order valence-corrected chi connectivity index (χ1v) is 7.08. The monoisotopic (exact) mass is 242 g/mol. The Morgan fingerprint density at radius 2 is 1.53 bits per heavy atom. The summed E-state index contributed by atoms with van der Waals surface area (Å²) in [6, 6.07) is 0. The lowest BCUT2D eigenvalue weighted by molar-refractivity contribution is -0.0684. The van der Waals surface area contributed by atoms with Crippen molar-refractivity contribution >= 4 is 0 Å². The summed E-state index contributed by atoms with van der Waals surface area (Å²) in [4.78, 5) is 0. The zero-order valence-corrected chi connectivity index (χ0v) is 13.0. The van der Waals surface area contributed by atoms with Gasteiger partial charge in [-0.1, -0.05) is 41.5 Å². The van der Waals surface area contributed by atoms with Crippen LogP contribution in [0.3, 0.4) is 0 Å². The molecule has 3 atom stereocenters. The molecule has 1 aliphatic carbocycles. The van der Waals surface area contributed by atoms with Gasteiger partial charge in [-0.2, -0.15) is 0 Å². The van der Waals surface area contributed by atoms with E-state index >= 15 is 0 Å². The van der Waals surface area contributed by atoms with Crippen LogP contribution < -0.4 is 0 Å². The Morgan fingerprint density at radius 1 is 1.06 bits per heavy atom. The molecule has 0 aromatic heterocycles. The highest BCUT2D eigenvalue weighted by Crippen LogP contribution is 2.54. The first kappa shape index (κ1) is 15.0. The van der Waals surface area contributed by atoms with Crippen LogP contribution >= 0.6 is 0 Å². The van der Waals surface area contributed by atoms with E-state index in [2.05, 4.69) is 41.5 Å². The topological polar surface area (TPSA) is 0 Å². The largest absolute Gasteiger partial charge is 0.244 e. The minimum Gasteiger partial charge on any atom is -0.244 e. The number of rotatable bonds is 2. The second kappa shape index (κ2) is 4.24. The van der Waals surface area contributed by atoms with Crippen LogP contribution in [0.15, 0.2) is 0 Å². The molecule has 0 aliphatic heterocycles. The zero-order chi connectivity index (χ0) is 13.6. The summed E-state index contributed by atoms with van der Waals surface area (Å²) in [6.45, 7) is 17.1. The van der Waals surface area contributed by atoms with Gasteiger partial charge in [0.05, 0.1) is 0 Å². The van der Waals surface area contributed by atoms with Crippen molar-refractivity contribution in [3.63, 3.8) is 0 Å². The fourth-order valence-corrected chi connectivity index (χ4v) is 3.55. The smallest absolute Gasteiger partial charge is 0.110 e. The van der Waals surface area contributed by atoms with E-state index in [1.54, 1.807) is 13.8 Å². The maximum absolute atomic E-state index is 14.4. The van der Waals surface area contributed by atoms with E-state index in [1.165, 1.54) is 6.42 Å². The van der Waals surface area contributed by atoms with Gasteiger partial charge in [0, 0.05) is 5.41 Å². The Balaban J connectivity index is 2.94. The lowest BCUT2D eigenvalue weighted by Gasteiger charge is -2.52. The number of halogens is 1. The molecule has 17 heavy (non-hydrogen) atoms. The molecule has 0 aromatic rings. The summed E-state index contributed by atoms with van der Waals surface area (Å²) in [5.74, 6) is 1.79. The van der Waals surface area contributed by atoms with Crippen molar-refractivity contribution in [1.29, 1.82) is 0 Å². The van der Waals surface area contributed by atoms with Crippen LogP contribution in [0.5, 0.6) is 0 Å². The zero-order valence-electron chi connectivity index (χ0n) is 13.0. The van der Waals surface area contributed by atoms with Gasteiger partial charge >= 0.3 is 0 Å². The number of hydrogen-bond acceptors (Lipinski definition) is 0. The molecule has 0 heterocycles. The molecule has 1 heteroatoms. The van der Waals surface area contributed by atoms with Gasteiger partial charge in [0.25, 0.3) is 0 Å². The summed E-state index contributed by atoms with van der Waals surface area (Å²) >= 11 is 0. The Labute approximate surface area is 107 Å². The maximum atomic E-state index is 14.4. The summed E-state index contributed by atoms with van der Waals surface area (Å²) in [5, 5.41) is 0. The Morgan fingerprint density at radius 3 is 1.94 bits per heavy atom. The molecule has 0 amide bonds. The van der Waals surface area contributed by atoms with Crippen LogP contribution in [0.1, 0.15) is 68.2 Å². The van der Waals surface area contributed by atoms with Gasteiger partial charge in [-0.05, 0) is 49.9 Å². The van der Waals surface area contributed by atoms with E-state index in [4.69, 9.17) is 0 Å². The maximum Gasteiger partial charge on any atom is 0.110 e. The average molecular weight is 242 g/mol. The minimum absolute atomic E-state index is 0.239. The molecule has 0 N–H and O–H groups in total. The highest BCUT2D eigenvalue weighted by atomic mass is 19.1. The van der Waals surface area contributed by atoms with Crippen molar-refractivity contribution in [3.8, 4) is 0 Å². The molecular formula is C16H31F. The van der Waals surface area contributed by atoms with Crippen LogP contribution in [-0.4, -0.2) is 5.67 Å².